The summed E-state index contributed by atoms with van der Waals surface area (Å²) in [6, 6.07) is 13.5. The number of hydrogen-bond acceptors (Lipinski definition) is 6. The minimum Gasteiger partial charge on any atom is -0.495 e. The number of hydrogen-bond donors (Lipinski definition) is 1. The van der Waals surface area contributed by atoms with Crippen molar-refractivity contribution >= 4 is 11.6 Å². The van der Waals surface area contributed by atoms with Crippen LogP contribution >= 0.6 is 0 Å². The monoisotopic (exact) mass is 413 g/mol. The molecule has 1 heterocycles. The fraction of sp³-hybridized carbons (Fsp3) is 0.435. The van der Waals surface area contributed by atoms with Gasteiger partial charge in [-0.1, -0.05) is 18.2 Å². The quantitative estimate of drug-likeness (QED) is 0.718. The fourth-order valence-electron chi connectivity index (χ4n) is 3.73. The van der Waals surface area contributed by atoms with E-state index in [2.05, 4.69) is 21.2 Å². The van der Waals surface area contributed by atoms with Crippen molar-refractivity contribution in [2.75, 3.05) is 52.4 Å². The lowest BCUT2D eigenvalue weighted by Crippen LogP contribution is -2.53. The maximum Gasteiger partial charge on any atom is 0.237 e. The molecule has 2 aromatic rings. The lowest BCUT2D eigenvalue weighted by molar-refractivity contribution is -0.126. The zero-order valence-corrected chi connectivity index (χ0v) is 18.2. The minimum absolute atomic E-state index is 0.0236. The summed E-state index contributed by atoms with van der Waals surface area (Å²) < 4.78 is 16.1. The Kier molecular flexibility index (Phi) is 7.41. The van der Waals surface area contributed by atoms with Gasteiger partial charge in [0, 0.05) is 32.7 Å². The van der Waals surface area contributed by atoms with Crippen LogP contribution in [0.1, 0.15) is 12.5 Å². The largest absolute Gasteiger partial charge is 0.495 e. The van der Waals surface area contributed by atoms with E-state index >= 15 is 0 Å². The van der Waals surface area contributed by atoms with E-state index in [1.54, 1.807) is 21.3 Å². The summed E-state index contributed by atoms with van der Waals surface area (Å²) in [5.41, 5.74) is 2.07. The molecule has 1 amide bonds. The Labute approximate surface area is 178 Å². The van der Waals surface area contributed by atoms with Crippen LogP contribution in [-0.4, -0.2) is 64.4 Å². The molecule has 0 radical (unpaired) electrons. The van der Waals surface area contributed by atoms with Crippen LogP contribution in [0.25, 0.3) is 0 Å². The second-order valence-electron chi connectivity index (χ2n) is 7.28. The topological polar surface area (TPSA) is 63.3 Å². The molecule has 3 rings (SSSR count). The van der Waals surface area contributed by atoms with Crippen molar-refractivity contribution in [3.8, 4) is 17.2 Å². The molecule has 1 N–H and O–H groups in total. The summed E-state index contributed by atoms with van der Waals surface area (Å²) in [7, 11) is 4.90. The Hall–Kier alpha value is -2.93. The molecule has 1 aliphatic heterocycles. The molecule has 0 spiro atoms. The van der Waals surface area contributed by atoms with Gasteiger partial charge in [-0.2, -0.15) is 0 Å². The van der Waals surface area contributed by atoms with Crippen molar-refractivity contribution in [3.63, 3.8) is 0 Å². The normalized spacial score (nSPS) is 15.4. The third kappa shape index (κ3) is 4.97. The molecule has 0 bridgehead atoms. The summed E-state index contributed by atoms with van der Waals surface area (Å²) in [4.78, 5) is 17.2. The SMILES string of the molecule is COc1ccc(CNC(=O)[C@H](C)N2CCN(c3ccccc3OC)CC2)cc1OC. The zero-order valence-electron chi connectivity index (χ0n) is 18.2. The molecule has 7 heteroatoms. The number of amides is 1. The number of ether oxygens (including phenoxy) is 3. The highest BCUT2D eigenvalue weighted by molar-refractivity contribution is 5.81. The van der Waals surface area contributed by atoms with Gasteiger partial charge in [0.15, 0.2) is 11.5 Å². The highest BCUT2D eigenvalue weighted by Crippen LogP contribution is 2.29. The number of carbonyl (C=O) groups is 1. The van der Waals surface area contributed by atoms with Crippen molar-refractivity contribution in [2.24, 2.45) is 0 Å². The van der Waals surface area contributed by atoms with E-state index in [1.807, 2.05) is 43.3 Å². The molecule has 0 unspecified atom stereocenters. The number of piperazine rings is 1. The predicted octanol–water partition coefficient (Wildman–Crippen LogP) is 2.54. The van der Waals surface area contributed by atoms with Gasteiger partial charge in [0.2, 0.25) is 5.91 Å². The first-order valence-electron chi connectivity index (χ1n) is 10.2. The van der Waals surface area contributed by atoms with Gasteiger partial charge in [0.05, 0.1) is 33.1 Å². The highest BCUT2D eigenvalue weighted by atomic mass is 16.5. The maximum atomic E-state index is 12.7. The van der Waals surface area contributed by atoms with Gasteiger partial charge in [-0.05, 0) is 36.8 Å². The highest BCUT2D eigenvalue weighted by Gasteiger charge is 2.26. The number of methoxy groups -OCH3 is 3. The van der Waals surface area contributed by atoms with E-state index in [9.17, 15) is 4.79 Å². The molecule has 30 heavy (non-hydrogen) atoms. The van der Waals surface area contributed by atoms with Crippen LogP contribution in [-0.2, 0) is 11.3 Å². The van der Waals surface area contributed by atoms with E-state index in [-0.39, 0.29) is 11.9 Å². The van der Waals surface area contributed by atoms with Gasteiger partial charge >= 0.3 is 0 Å². The summed E-state index contributed by atoms with van der Waals surface area (Å²) in [5.74, 6) is 2.24. The van der Waals surface area contributed by atoms with Crippen LogP contribution < -0.4 is 24.4 Å². The second-order valence-corrected chi connectivity index (χ2v) is 7.28. The van der Waals surface area contributed by atoms with E-state index < -0.39 is 0 Å². The molecule has 1 saturated heterocycles. The zero-order chi connectivity index (χ0) is 21.5. The van der Waals surface area contributed by atoms with Crippen LogP contribution in [0.5, 0.6) is 17.2 Å². The van der Waals surface area contributed by atoms with Crippen molar-refractivity contribution < 1.29 is 19.0 Å². The van der Waals surface area contributed by atoms with Crippen molar-refractivity contribution in [1.29, 1.82) is 0 Å². The number of para-hydroxylation sites is 2. The fourth-order valence-corrected chi connectivity index (χ4v) is 3.73. The lowest BCUT2D eigenvalue weighted by atomic mass is 10.1. The summed E-state index contributed by atoms with van der Waals surface area (Å²) >= 11 is 0. The Morgan fingerprint density at radius 2 is 1.60 bits per heavy atom. The maximum absolute atomic E-state index is 12.7. The van der Waals surface area contributed by atoms with Crippen LogP contribution in [0.3, 0.4) is 0 Å². The standard InChI is InChI=1S/C23H31N3O4/c1-17(23(27)24-16-18-9-10-21(29-3)22(15-18)30-4)25-11-13-26(14-12-25)19-7-5-6-8-20(19)28-2/h5-10,15,17H,11-14,16H2,1-4H3,(H,24,27)/t17-/m0/s1. The number of benzene rings is 2. The van der Waals surface area contributed by atoms with E-state index in [0.29, 0.717) is 18.0 Å². The molecule has 1 atom stereocenters. The Bertz CT molecular complexity index is 850. The van der Waals surface area contributed by atoms with E-state index in [4.69, 9.17) is 14.2 Å². The minimum atomic E-state index is -0.190. The third-order valence-corrected chi connectivity index (χ3v) is 5.58. The van der Waals surface area contributed by atoms with Crippen LogP contribution in [0.4, 0.5) is 5.69 Å². The third-order valence-electron chi connectivity index (χ3n) is 5.58. The number of nitrogens with zero attached hydrogens (tertiary/aromatic N) is 2. The average molecular weight is 414 g/mol. The molecule has 1 aliphatic rings. The number of carbonyl (C=O) groups excluding carboxylic acids is 1. The van der Waals surface area contributed by atoms with Crippen molar-refractivity contribution in [3.05, 3.63) is 48.0 Å². The number of rotatable bonds is 8. The van der Waals surface area contributed by atoms with Crippen LogP contribution in [0, 0.1) is 0 Å². The Morgan fingerprint density at radius 3 is 2.27 bits per heavy atom. The molecule has 162 valence electrons. The average Bonchev–Trinajstić information content (AvgIpc) is 2.81. The van der Waals surface area contributed by atoms with E-state index in [1.165, 1.54) is 0 Å². The van der Waals surface area contributed by atoms with E-state index in [0.717, 1.165) is 43.2 Å². The Morgan fingerprint density at radius 1 is 0.933 bits per heavy atom. The summed E-state index contributed by atoms with van der Waals surface area (Å²) in [6.45, 7) is 5.76. The van der Waals surface area contributed by atoms with Gasteiger partial charge < -0.3 is 24.4 Å². The predicted molar refractivity (Wildman–Crippen MR) is 118 cm³/mol. The summed E-state index contributed by atoms with van der Waals surface area (Å²) in [5, 5.41) is 3.04. The van der Waals surface area contributed by atoms with Gasteiger partial charge in [-0.3, -0.25) is 9.69 Å². The van der Waals surface area contributed by atoms with Gasteiger partial charge in [0.25, 0.3) is 0 Å². The molecule has 0 saturated carbocycles. The lowest BCUT2D eigenvalue weighted by Gasteiger charge is -2.38. The first kappa shape index (κ1) is 21.8. The van der Waals surface area contributed by atoms with Gasteiger partial charge in [-0.15, -0.1) is 0 Å². The van der Waals surface area contributed by atoms with Crippen LogP contribution in [0.15, 0.2) is 42.5 Å². The second kappa shape index (κ2) is 10.2. The molecular formula is C23H31N3O4. The molecule has 1 fully saturated rings. The van der Waals surface area contributed by atoms with Crippen LogP contribution in [0.2, 0.25) is 0 Å². The first-order chi connectivity index (χ1) is 14.6. The molecular weight excluding hydrogens is 382 g/mol. The first-order valence-corrected chi connectivity index (χ1v) is 10.2. The van der Waals surface area contributed by atoms with Crippen molar-refractivity contribution in [2.45, 2.75) is 19.5 Å². The number of anilines is 1. The smallest absolute Gasteiger partial charge is 0.237 e. The molecule has 0 aromatic heterocycles. The molecule has 7 nitrogen and oxygen atoms in total. The Balaban J connectivity index is 1.52. The molecule has 2 aromatic carbocycles. The van der Waals surface area contributed by atoms with Gasteiger partial charge in [0.1, 0.15) is 5.75 Å². The van der Waals surface area contributed by atoms with Crippen molar-refractivity contribution in [1.82, 2.24) is 10.2 Å². The number of nitrogens with one attached hydrogen (secondary N) is 1. The van der Waals surface area contributed by atoms with Gasteiger partial charge in [-0.25, -0.2) is 0 Å². The summed E-state index contributed by atoms with van der Waals surface area (Å²) in [6.07, 6.45) is 0. The molecule has 0 aliphatic carbocycles.